The van der Waals surface area contributed by atoms with Crippen LogP contribution in [0.15, 0.2) is 30.5 Å². The van der Waals surface area contributed by atoms with Gasteiger partial charge in [0, 0.05) is 24.2 Å². The lowest BCUT2D eigenvalue weighted by molar-refractivity contribution is 0.426. The Hall–Kier alpha value is -1.64. The van der Waals surface area contributed by atoms with Crippen LogP contribution >= 0.6 is 0 Å². The van der Waals surface area contributed by atoms with E-state index < -0.39 is 0 Å². The molecule has 2 nitrogen and oxygen atoms in total. The van der Waals surface area contributed by atoms with Gasteiger partial charge in [0.05, 0.1) is 5.69 Å². The number of nitrogens with zero attached hydrogens (tertiary/aromatic N) is 2. The van der Waals surface area contributed by atoms with Gasteiger partial charge in [-0.05, 0) is 31.9 Å². The Morgan fingerprint density at radius 1 is 1.41 bits per heavy atom. The molecule has 0 N–H and O–H groups in total. The highest BCUT2D eigenvalue weighted by molar-refractivity contribution is 5.58. The first kappa shape index (κ1) is 10.5. The van der Waals surface area contributed by atoms with Gasteiger partial charge in [0.25, 0.3) is 0 Å². The van der Waals surface area contributed by atoms with Crippen molar-refractivity contribution in [2.24, 2.45) is 0 Å². The molecule has 0 spiro atoms. The number of hydrogen-bond donors (Lipinski definition) is 0. The van der Waals surface area contributed by atoms with Gasteiger partial charge in [-0.1, -0.05) is 12.1 Å². The number of rotatable bonds is 1. The molecular formula is C14H15FN2. The fourth-order valence-electron chi connectivity index (χ4n) is 2.48. The van der Waals surface area contributed by atoms with Crippen molar-refractivity contribution in [3.8, 4) is 11.3 Å². The second kappa shape index (κ2) is 3.99. The van der Waals surface area contributed by atoms with Gasteiger partial charge < -0.3 is 4.57 Å². The largest absolute Gasteiger partial charge is 0.331 e. The number of fused-ring (bicyclic) bond motifs is 1. The third kappa shape index (κ3) is 1.86. The number of aromatic nitrogens is 2. The maximum atomic E-state index is 13.2. The molecule has 0 saturated heterocycles. The van der Waals surface area contributed by atoms with Gasteiger partial charge in [-0.25, -0.2) is 9.37 Å². The van der Waals surface area contributed by atoms with Crippen LogP contribution in [0, 0.1) is 5.82 Å². The van der Waals surface area contributed by atoms with E-state index in [1.807, 2.05) is 12.3 Å². The lowest BCUT2D eigenvalue weighted by Gasteiger charge is -2.20. The summed E-state index contributed by atoms with van der Waals surface area (Å²) in [5.41, 5.74) is 1.74. The summed E-state index contributed by atoms with van der Waals surface area (Å²) < 4.78 is 15.4. The number of hydrogen-bond acceptors (Lipinski definition) is 1. The molecule has 1 aliphatic rings. The highest BCUT2D eigenvalue weighted by Gasteiger charge is 2.18. The van der Waals surface area contributed by atoms with Gasteiger partial charge in [-0.15, -0.1) is 0 Å². The molecule has 0 fully saturated rings. The van der Waals surface area contributed by atoms with E-state index in [0.717, 1.165) is 23.5 Å². The van der Waals surface area contributed by atoms with Crippen LogP contribution in [-0.4, -0.2) is 9.55 Å². The molecule has 0 saturated carbocycles. The monoisotopic (exact) mass is 230 g/mol. The minimum atomic E-state index is -0.207. The molecule has 0 aliphatic carbocycles. The number of aryl methyl sites for hydroxylation is 1. The maximum absolute atomic E-state index is 13.2. The van der Waals surface area contributed by atoms with Crippen LogP contribution in [0.3, 0.4) is 0 Å². The van der Waals surface area contributed by atoms with E-state index in [2.05, 4.69) is 16.5 Å². The summed E-state index contributed by atoms with van der Waals surface area (Å²) in [6.45, 7) is 2.21. The predicted octanol–water partition coefficient (Wildman–Crippen LogP) is 3.59. The Bertz CT molecular complexity index is 545. The normalized spacial score (nSPS) is 19.1. The second-order valence-corrected chi connectivity index (χ2v) is 4.70. The number of benzene rings is 1. The molecule has 2 aromatic rings. The first-order chi connectivity index (χ1) is 8.24. The third-order valence-corrected chi connectivity index (χ3v) is 3.43. The van der Waals surface area contributed by atoms with Gasteiger partial charge in [0.15, 0.2) is 0 Å². The van der Waals surface area contributed by atoms with E-state index in [9.17, 15) is 4.39 Å². The lowest BCUT2D eigenvalue weighted by Crippen LogP contribution is -2.14. The Kier molecular flexibility index (Phi) is 2.46. The Morgan fingerprint density at radius 3 is 3.06 bits per heavy atom. The Morgan fingerprint density at radius 2 is 2.29 bits per heavy atom. The van der Waals surface area contributed by atoms with E-state index in [1.54, 1.807) is 12.1 Å². The van der Waals surface area contributed by atoms with Crippen molar-refractivity contribution in [2.75, 3.05) is 0 Å². The van der Waals surface area contributed by atoms with Crippen molar-refractivity contribution in [3.63, 3.8) is 0 Å². The van der Waals surface area contributed by atoms with Crippen LogP contribution < -0.4 is 0 Å². The number of imidazole rings is 1. The third-order valence-electron chi connectivity index (χ3n) is 3.43. The summed E-state index contributed by atoms with van der Waals surface area (Å²) in [6, 6.07) is 7.14. The van der Waals surface area contributed by atoms with Crippen LogP contribution in [0.25, 0.3) is 11.3 Å². The molecule has 1 unspecified atom stereocenters. The Balaban J connectivity index is 2.05. The zero-order chi connectivity index (χ0) is 11.8. The summed E-state index contributed by atoms with van der Waals surface area (Å²) in [5.74, 6) is 0.921. The van der Waals surface area contributed by atoms with Gasteiger partial charge >= 0.3 is 0 Å². The standard InChI is InChI=1S/C14H15FN2/c1-10-4-2-7-14-16-13(9-17(10)14)11-5-3-6-12(15)8-11/h3,5-6,8-10H,2,4,7H2,1H3. The molecule has 3 heteroatoms. The topological polar surface area (TPSA) is 17.8 Å². The van der Waals surface area contributed by atoms with Crippen molar-refractivity contribution in [1.82, 2.24) is 9.55 Å². The van der Waals surface area contributed by atoms with Gasteiger partial charge in [0.1, 0.15) is 11.6 Å². The van der Waals surface area contributed by atoms with Crippen LogP contribution in [0.5, 0.6) is 0 Å². The van der Waals surface area contributed by atoms with Crippen molar-refractivity contribution >= 4 is 0 Å². The fourth-order valence-corrected chi connectivity index (χ4v) is 2.48. The van der Waals surface area contributed by atoms with Crippen molar-refractivity contribution in [1.29, 1.82) is 0 Å². The van der Waals surface area contributed by atoms with Crippen molar-refractivity contribution in [3.05, 3.63) is 42.1 Å². The SMILES string of the molecule is CC1CCCc2nc(-c3cccc(F)c3)cn21. The zero-order valence-corrected chi connectivity index (χ0v) is 9.86. The fraction of sp³-hybridized carbons (Fsp3) is 0.357. The predicted molar refractivity (Wildman–Crippen MR) is 65.3 cm³/mol. The summed E-state index contributed by atoms with van der Waals surface area (Å²) in [5, 5.41) is 0. The molecule has 0 amide bonds. The van der Waals surface area contributed by atoms with Crippen molar-refractivity contribution < 1.29 is 4.39 Å². The van der Waals surface area contributed by atoms with Gasteiger partial charge in [-0.3, -0.25) is 0 Å². The molecule has 1 aromatic carbocycles. The highest BCUT2D eigenvalue weighted by atomic mass is 19.1. The maximum Gasteiger partial charge on any atom is 0.123 e. The summed E-state index contributed by atoms with van der Waals surface area (Å²) in [6.07, 6.45) is 5.47. The average molecular weight is 230 g/mol. The molecule has 2 heterocycles. The summed E-state index contributed by atoms with van der Waals surface area (Å²) >= 11 is 0. The van der Waals surface area contributed by atoms with Crippen LogP contribution in [-0.2, 0) is 6.42 Å². The molecule has 0 radical (unpaired) electrons. The van der Waals surface area contributed by atoms with E-state index in [4.69, 9.17) is 0 Å². The minimum absolute atomic E-state index is 0.207. The first-order valence-electron chi connectivity index (χ1n) is 6.08. The summed E-state index contributed by atoms with van der Waals surface area (Å²) in [4.78, 5) is 4.61. The first-order valence-corrected chi connectivity index (χ1v) is 6.08. The summed E-state index contributed by atoms with van der Waals surface area (Å²) in [7, 11) is 0. The minimum Gasteiger partial charge on any atom is -0.331 e. The average Bonchev–Trinajstić information content (AvgIpc) is 2.74. The molecule has 1 atom stereocenters. The van der Waals surface area contributed by atoms with E-state index in [1.165, 1.54) is 18.9 Å². The van der Waals surface area contributed by atoms with Crippen molar-refractivity contribution in [2.45, 2.75) is 32.2 Å². The van der Waals surface area contributed by atoms with E-state index >= 15 is 0 Å². The smallest absolute Gasteiger partial charge is 0.123 e. The zero-order valence-electron chi connectivity index (χ0n) is 9.86. The molecule has 0 bridgehead atoms. The molecule has 17 heavy (non-hydrogen) atoms. The van der Waals surface area contributed by atoms with E-state index in [0.29, 0.717) is 6.04 Å². The van der Waals surface area contributed by atoms with Gasteiger partial charge in [0.2, 0.25) is 0 Å². The van der Waals surface area contributed by atoms with Gasteiger partial charge in [-0.2, -0.15) is 0 Å². The van der Waals surface area contributed by atoms with Crippen LogP contribution in [0.4, 0.5) is 4.39 Å². The van der Waals surface area contributed by atoms with E-state index in [-0.39, 0.29) is 5.82 Å². The number of halogens is 1. The van der Waals surface area contributed by atoms with Crippen LogP contribution in [0.2, 0.25) is 0 Å². The van der Waals surface area contributed by atoms with Crippen LogP contribution in [0.1, 0.15) is 31.6 Å². The Labute approximate surface area is 100 Å². The quantitative estimate of drug-likeness (QED) is 0.732. The highest BCUT2D eigenvalue weighted by Crippen LogP contribution is 2.28. The molecule has 1 aromatic heterocycles. The molecular weight excluding hydrogens is 215 g/mol. The lowest BCUT2D eigenvalue weighted by atomic mass is 10.1. The molecule has 88 valence electrons. The molecule has 3 rings (SSSR count). The molecule has 1 aliphatic heterocycles. The second-order valence-electron chi connectivity index (χ2n) is 4.70.